The highest BCUT2D eigenvalue weighted by Gasteiger charge is 2.36. The van der Waals surface area contributed by atoms with E-state index in [0.717, 1.165) is 5.56 Å². The van der Waals surface area contributed by atoms with E-state index < -0.39 is 5.54 Å². The van der Waals surface area contributed by atoms with Crippen molar-refractivity contribution >= 4 is 5.91 Å². The van der Waals surface area contributed by atoms with Gasteiger partial charge in [0, 0.05) is 19.4 Å². The Bertz CT molecular complexity index is 622. The van der Waals surface area contributed by atoms with Crippen LogP contribution >= 0.6 is 0 Å². The molecule has 0 atom stereocenters. The number of rotatable bonds is 3. The molecule has 2 aromatic rings. The van der Waals surface area contributed by atoms with E-state index in [2.05, 4.69) is 15.5 Å². The molecular formula is C15H16FN3O2. The molecule has 1 aromatic carbocycles. The summed E-state index contributed by atoms with van der Waals surface area (Å²) in [6.07, 6.45) is 2.74. The van der Waals surface area contributed by atoms with Crippen LogP contribution in [0.25, 0.3) is 0 Å². The van der Waals surface area contributed by atoms with Gasteiger partial charge in [-0.3, -0.25) is 9.89 Å². The molecule has 0 bridgehead atoms. The van der Waals surface area contributed by atoms with Gasteiger partial charge in [0.15, 0.2) is 0 Å². The van der Waals surface area contributed by atoms with E-state index in [-0.39, 0.29) is 11.7 Å². The van der Waals surface area contributed by atoms with Gasteiger partial charge in [-0.15, -0.1) is 0 Å². The molecule has 1 fully saturated rings. The molecule has 110 valence electrons. The molecule has 5 nitrogen and oxygen atoms in total. The van der Waals surface area contributed by atoms with Gasteiger partial charge in [-0.2, -0.15) is 5.10 Å². The van der Waals surface area contributed by atoms with Crippen LogP contribution in [0.15, 0.2) is 36.5 Å². The van der Waals surface area contributed by atoms with E-state index in [1.165, 1.54) is 18.3 Å². The Balaban J connectivity index is 1.91. The maximum absolute atomic E-state index is 13.5. The van der Waals surface area contributed by atoms with Crippen LogP contribution in [0, 0.1) is 5.82 Å². The molecule has 3 rings (SSSR count). The highest BCUT2D eigenvalue weighted by molar-refractivity contribution is 5.92. The van der Waals surface area contributed by atoms with Crippen LogP contribution in [0.3, 0.4) is 0 Å². The summed E-state index contributed by atoms with van der Waals surface area (Å²) in [7, 11) is 0. The quantitative estimate of drug-likeness (QED) is 0.908. The SMILES string of the molecule is O=C(NC1(c2cccc(F)c2)CCOCC1)c1ccn[nH]1. The topological polar surface area (TPSA) is 67.0 Å². The largest absolute Gasteiger partial charge is 0.381 e. The van der Waals surface area contributed by atoms with Crippen molar-refractivity contribution in [3.63, 3.8) is 0 Å². The zero-order valence-corrected chi connectivity index (χ0v) is 11.4. The first kappa shape index (κ1) is 13.8. The van der Waals surface area contributed by atoms with Crippen molar-refractivity contribution in [1.82, 2.24) is 15.5 Å². The predicted octanol–water partition coefficient (Wildman–Crippen LogP) is 1.98. The Morgan fingerprint density at radius 1 is 1.33 bits per heavy atom. The van der Waals surface area contributed by atoms with Crippen LogP contribution in [-0.2, 0) is 10.3 Å². The molecule has 1 aromatic heterocycles. The number of benzene rings is 1. The Morgan fingerprint density at radius 2 is 2.14 bits per heavy atom. The first-order valence-electron chi connectivity index (χ1n) is 6.85. The minimum absolute atomic E-state index is 0.251. The molecular weight excluding hydrogens is 273 g/mol. The first-order valence-corrected chi connectivity index (χ1v) is 6.85. The second kappa shape index (κ2) is 5.65. The summed E-state index contributed by atoms with van der Waals surface area (Å²) in [5.41, 5.74) is 0.540. The average Bonchev–Trinajstić information content (AvgIpc) is 3.02. The standard InChI is InChI=1S/C15H16FN3O2/c16-12-3-1-2-11(10-12)15(5-8-21-9-6-15)18-14(20)13-4-7-17-19-13/h1-4,7,10H,5-6,8-9H2,(H,17,19)(H,18,20). The minimum atomic E-state index is -0.609. The number of nitrogens with zero attached hydrogens (tertiary/aromatic N) is 1. The molecule has 1 aliphatic heterocycles. The molecule has 2 N–H and O–H groups in total. The van der Waals surface area contributed by atoms with Crippen molar-refractivity contribution in [1.29, 1.82) is 0 Å². The van der Waals surface area contributed by atoms with Gasteiger partial charge in [0.1, 0.15) is 11.5 Å². The number of aromatic amines is 1. The lowest BCUT2D eigenvalue weighted by Gasteiger charge is -2.38. The van der Waals surface area contributed by atoms with Crippen LogP contribution in [0.4, 0.5) is 4.39 Å². The zero-order chi connectivity index (χ0) is 14.7. The van der Waals surface area contributed by atoms with Crippen molar-refractivity contribution in [2.75, 3.05) is 13.2 Å². The molecule has 0 saturated carbocycles. The van der Waals surface area contributed by atoms with Crippen LogP contribution < -0.4 is 5.32 Å². The second-order valence-electron chi connectivity index (χ2n) is 5.13. The van der Waals surface area contributed by atoms with Crippen LogP contribution in [-0.4, -0.2) is 29.3 Å². The number of nitrogens with one attached hydrogen (secondary N) is 2. The van der Waals surface area contributed by atoms with Gasteiger partial charge in [0.05, 0.1) is 5.54 Å². The summed E-state index contributed by atoms with van der Waals surface area (Å²) < 4.78 is 18.9. The van der Waals surface area contributed by atoms with Crippen molar-refractivity contribution in [3.8, 4) is 0 Å². The van der Waals surface area contributed by atoms with Crippen LogP contribution in [0.2, 0.25) is 0 Å². The van der Waals surface area contributed by atoms with Gasteiger partial charge < -0.3 is 10.1 Å². The van der Waals surface area contributed by atoms with E-state index in [1.54, 1.807) is 12.1 Å². The number of ether oxygens (including phenoxy) is 1. The lowest BCUT2D eigenvalue weighted by molar-refractivity contribution is 0.0343. The van der Waals surface area contributed by atoms with Gasteiger partial charge >= 0.3 is 0 Å². The van der Waals surface area contributed by atoms with E-state index in [0.29, 0.717) is 31.7 Å². The van der Waals surface area contributed by atoms with E-state index in [4.69, 9.17) is 4.74 Å². The van der Waals surface area contributed by atoms with Gasteiger partial charge in [0.25, 0.3) is 5.91 Å². The molecule has 21 heavy (non-hydrogen) atoms. The fourth-order valence-corrected chi connectivity index (χ4v) is 2.66. The molecule has 2 heterocycles. The zero-order valence-electron chi connectivity index (χ0n) is 11.4. The van der Waals surface area contributed by atoms with Crippen molar-refractivity contribution < 1.29 is 13.9 Å². The lowest BCUT2D eigenvalue weighted by atomic mass is 9.82. The average molecular weight is 289 g/mol. The van der Waals surface area contributed by atoms with Crippen molar-refractivity contribution in [2.45, 2.75) is 18.4 Å². The normalized spacial score (nSPS) is 17.4. The molecule has 0 spiro atoms. The number of carbonyl (C=O) groups excluding carboxylic acids is 1. The molecule has 0 unspecified atom stereocenters. The summed E-state index contributed by atoms with van der Waals surface area (Å²) >= 11 is 0. The second-order valence-corrected chi connectivity index (χ2v) is 5.13. The number of amides is 1. The van der Waals surface area contributed by atoms with Crippen LogP contribution in [0.1, 0.15) is 28.9 Å². The summed E-state index contributed by atoms with van der Waals surface area (Å²) in [6, 6.07) is 7.96. The maximum Gasteiger partial charge on any atom is 0.269 e. The number of hydrogen-bond donors (Lipinski definition) is 2. The summed E-state index contributed by atoms with van der Waals surface area (Å²) in [6.45, 7) is 1.06. The monoisotopic (exact) mass is 289 g/mol. The predicted molar refractivity (Wildman–Crippen MR) is 74.2 cm³/mol. The summed E-state index contributed by atoms with van der Waals surface area (Å²) in [5.74, 6) is -0.562. The Morgan fingerprint density at radius 3 is 2.81 bits per heavy atom. The summed E-state index contributed by atoms with van der Waals surface area (Å²) in [4.78, 5) is 12.3. The number of halogens is 1. The number of aromatic nitrogens is 2. The number of carbonyl (C=O) groups is 1. The lowest BCUT2D eigenvalue weighted by Crippen LogP contribution is -2.49. The fraction of sp³-hybridized carbons (Fsp3) is 0.333. The van der Waals surface area contributed by atoms with Crippen LogP contribution in [0.5, 0.6) is 0 Å². The Kier molecular flexibility index (Phi) is 3.70. The third kappa shape index (κ3) is 2.80. The van der Waals surface area contributed by atoms with Gasteiger partial charge in [-0.1, -0.05) is 12.1 Å². The molecule has 1 amide bonds. The highest BCUT2D eigenvalue weighted by Crippen LogP contribution is 2.32. The summed E-state index contributed by atoms with van der Waals surface area (Å²) in [5, 5.41) is 9.44. The third-order valence-corrected chi connectivity index (χ3v) is 3.82. The van der Waals surface area contributed by atoms with E-state index in [9.17, 15) is 9.18 Å². The molecule has 1 aliphatic rings. The van der Waals surface area contributed by atoms with Gasteiger partial charge in [-0.05, 0) is 36.6 Å². The molecule has 6 heteroatoms. The molecule has 0 radical (unpaired) electrons. The minimum Gasteiger partial charge on any atom is -0.381 e. The smallest absolute Gasteiger partial charge is 0.269 e. The highest BCUT2D eigenvalue weighted by atomic mass is 19.1. The first-order chi connectivity index (χ1) is 10.2. The fourth-order valence-electron chi connectivity index (χ4n) is 2.66. The number of hydrogen-bond acceptors (Lipinski definition) is 3. The van der Waals surface area contributed by atoms with E-state index >= 15 is 0 Å². The van der Waals surface area contributed by atoms with Crippen molar-refractivity contribution in [3.05, 3.63) is 53.6 Å². The van der Waals surface area contributed by atoms with E-state index in [1.807, 2.05) is 6.07 Å². The van der Waals surface area contributed by atoms with Gasteiger partial charge in [-0.25, -0.2) is 4.39 Å². The molecule has 0 aliphatic carbocycles. The van der Waals surface area contributed by atoms with Gasteiger partial charge in [0.2, 0.25) is 0 Å². The maximum atomic E-state index is 13.5. The third-order valence-electron chi connectivity index (χ3n) is 3.82. The Labute approximate surface area is 121 Å². The van der Waals surface area contributed by atoms with Crippen molar-refractivity contribution in [2.24, 2.45) is 0 Å². The Hall–Kier alpha value is -2.21. The molecule has 1 saturated heterocycles. The number of H-pyrrole nitrogens is 1.